The number of furan rings is 1. The number of likely N-dealkylation sites (tertiary alicyclic amines) is 1. The molecule has 6 heteroatoms. The Morgan fingerprint density at radius 3 is 3.04 bits per heavy atom. The Labute approximate surface area is 145 Å². The second-order valence-corrected chi connectivity index (χ2v) is 6.30. The van der Waals surface area contributed by atoms with Crippen molar-refractivity contribution in [1.82, 2.24) is 15.5 Å². The van der Waals surface area contributed by atoms with Gasteiger partial charge in [-0.15, -0.1) is 0 Å². The van der Waals surface area contributed by atoms with Crippen molar-refractivity contribution in [2.24, 2.45) is 4.99 Å². The largest absolute Gasteiger partial charge is 0.469 e. The van der Waals surface area contributed by atoms with Gasteiger partial charge in [0.15, 0.2) is 5.96 Å². The first-order valence-corrected chi connectivity index (χ1v) is 9.18. The lowest BCUT2D eigenvalue weighted by Crippen LogP contribution is -2.46. The smallest absolute Gasteiger partial charge is 0.191 e. The second kappa shape index (κ2) is 10.4. The minimum absolute atomic E-state index is 0.0331. The summed E-state index contributed by atoms with van der Waals surface area (Å²) in [7, 11) is 0. The summed E-state index contributed by atoms with van der Waals surface area (Å²) in [5, 5.41) is 16.1. The van der Waals surface area contributed by atoms with Crippen molar-refractivity contribution in [3.8, 4) is 0 Å². The molecule has 136 valence electrons. The maximum absolute atomic E-state index is 9.44. The number of hydrogen-bond donors (Lipinski definition) is 3. The highest BCUT2D eigenvalue weighted by Crippen LogP contribution is 2.16. The molecule has 0 amide bonds. The molecule has 0 aliphatic carbocycles. The maximum Gasteiger partial charge on any atom is 0.191 e. The van der Waals surface area contributed by atoms with E-state index in [1.807, 2.05) is 12.1 Å². The van der Waals surface area contributed by atoms with Crippen LogP contribution in [-0.4, -0.2) is 60.8 Å². The molecule has 2 heterocycles. The zero-order valence-corrected chi connectivity index (χ0v) is 15.0. The fraction of sp³-hybridized carbons (Fsp3) is 0.722. The van der Waals surface area contributed by atoms with Gasteiger partial charge in [0, 0.05) is 19.0 Å². The molecule has 1 saturated heterocycles. The number of aliphatic hydroxyl groups excluding tert-OH is 1. The van der Waals surface area contributed by atoms with Crippen molar-refractivity contribution in [3.05, 3.63) is 24.2 Å². The number of nitrogens with zero attached hydrogens (tertiary/aromatic N) is 2. The van der Waals surface area contributed by atoms with Crippen LogP contribution in [0.4, 0.5) is 0 Å². The Kier molecular flexibility index (Phi) is 8.12. The first-order chi connectivity index (χ1) is 11.8. The highest BCUT2D eigenvalue weighted by molar-refractivity contribution is 5.80. The summed E-state index contributed by atoms with van der Waals surface area (Å²) in [5.74, 6) is 1.74. The fourth-order valence-corrected chi connectivity index (χ4v) is 3.10. The number of nitrogens with one attached hydrogen (secondary N) is 2. The Bertz CT molecular complexity index is 471. The molecule has 0 spiro atoms. The van der Waals surface area contributed by atoms with Gasteiger partial charge in [-0.25, -0.2) is 0 Å². The molecule has 24 heavy (non-hydrogen) atoms. The number of aliphatic imine (C=N–C) groups is 1. The van der Waals surface area contributed by atoms with Gasteiger partial charge in [0.1, 0.15) is 5.76 Å². The monoisotopic (exact) mass is 336 g/mol. The molecule has 1 aliphatic rings. The van der Waals surface area contributed by atoms with E-state index in [9.17, 15) is 5.11 Å². The molecule has 1 unspecified atom stereocenters. The first-order valence-electron chi connectivity index (χ1n) is 9.18. The quantitative estimate of drug-likeness (QED) is 0.472. The second-order valence-electron chi connectivity index (χ2n) is 6.30. The summed E-state index contributed by atoms with van der Waals surface area (Å²) >= 11 is 0. The summed E-state index contributed by atoms with van der Waals surface area (Å²) in [5.41, 5.74) is 0. The van der Waals surface area contributed by atoms with Crippen molar-refractivity contribution in [3.63, 3.8) is 0 Å². The third-order valence-corrected chi connectivity index (χ3v) is 4.66. The minimum atomic E-state index is 0.0331. The van der Waals surface area contributed by atoms with E-state index in [0.717, 1.165) is 44.2 Å². The summed E-state index contributed by atoms with van der Waals surface area (Å²) in [6.07, 6.45) is 5.85. The highest BCUT2D eigenvalue weighted by Gasteiger charge is 2.22. The van der Waals surface area contributed by atoms with Gasteiger partial charge in [-0.05, 0) is 44.5 Å². The van der Waals surface area contributed by atoms with Crippen LogP contribution in [0.2, 0.25) is 0 Å². The molecule has 0 aromatic carbocycles. The van der Waals surface area contributed by atoms with E-state index in [1.54, 1.807) is 6.26 Å². The molecular formula is C18H32N4O2. The minimum Gasteiger partial charge on any atom is -0.469 e. The molecule has 6 nitrogen and oxygen atoms in total. The standard InChI is InChI=1S/C18H32N4O2/c1-3-15(14-23)21-18(19-10-9-17-8-6-12-24-17)20-13-16-7-5-11-22(16)4-2/h6,8,12,15-16,23H,3-5,7,9-11,13-14H2,1-2H3,(H2,19,20,21)/t15-,16?/m1/s1. The van der Waals surface area contributed by atoms with Gasteiger partial charge in [0.25, 0.3) is 0 Å². The third-order valence-electron chi connectivity index (χ3n) is 4.66. The predicted molar refractivity (Wildman–Crippen MR) is 97.3 cm³/mol. The van der Waals surface area contributed by atoms with Crippen molar-refractivity contribution < 1.29 is 9.52 Å². The topological polar surface area (TPSA) is 73.0 Å². The number of aliphatic hydroxyl groups is 1. The predicted octanol–water partition coefficient (Wildman–Crippen LogP) is 1.61. The number of guanidine groups is 1. The van der Waals surface area contributed by atoms with E-state index in [0.29, 0.717) is 6.04 Å². The van der Waals surface area contributed by atoms with Gasteiger partial charge in [-0.1, -0.05) is 13.8 Å². The lowest BCUT2D eigenvalue weighted by atomic mass is 10.2. The van der Waals surface area contributed by atoms with Crippen LogP contribution < -0.4 is 10.6 Å². The van der Waals surface area contributed by atoms with Crippen molar-refractivity contribution in [2.75, 3.05) is 32.8 Å². The summed E-state index contributed by atoms with van der Waals surface area (Å²) in [4.78, 5) is 7.26. The lowest BCUT2D eigenvalue weighted by Gasteiger charge is -2.23. The number of hydrogen-bond acceptors (Lipinski definition) is 4. The van der Waals surface area contributed by atoms with Crippen LogP contribution in [0, 0.1) is 0 Å². The average Bonchev–Trinajstić information content (AvgIpc) is 3.28. The molecule has 3 N–H and O–H groups in total. The van der Waals surface area contributed by atoms with E-state index in [1.165, 1.54) is 19.4 Å². The Morgan fingerprint density at radius 1 is 1.50 bits per heavy atom. The molecule has 1 aromatic heterocycles. The van der Waals surface area contributed by atoms with Gasteiger partial charge in [-0.2, -0.15) is 0 Å². The maximum atomic E-state index is 9.44. The van der Waals surface area contributed by atoms with E-state index in [2.05, 4.69) is 29.4 Å². The van der Waals surface area contributed by atoms with Crippen LogP contribution >= 0.6 is 0 Å². The van der Waals surface area contributed by atoms with Gasteiger partial charge in [-0.3, -0.25) is 9.89 Å². The van der Waals surface area contributed by atoms with E-state index < -0.39 is 0 Å². The van der Waals surface area contributed by atoms with E-state index >= 15 is 0 Å². The average molecular weight is 336 g/mol. The van der Waals surface area contributed by atoms with Gasteiger partial charge >= 0.3 is 0 Å². The Morgan fingerprint density at radius 2 is 2.38 bits per heavy atom. The summed E-state index contributed by atoms with van der Waals surface area (Å²) < 4.78 is 5.36. The Balaban J connectivity index is 1.89. The lowest BCUT2D eigenvalue weighted by molar-refractivity contribution is 0.251. The first kappa shape index (κ1) is 18.8. The molecule has 1 aromatic rings. The molecule has 2 rings (SSSR count). The SMILES string of the molecule is CC[C@H](CO)NC(=NCC1CCCN1CC)NCCc1ccco1. The molecule has 0 saturated carbocycles. The summed E-state index contributed by atoms with van der Waals surface area (Å²) in [6.45, 7) is 8.20. The molecule has 0 bridgehead atoms. The zero-order valence-electron chi connectivity index (χ0n) is 15.0. The molecule has 1 aliphatic heterocycles. The van der Waals surface area contributed by atoms with Crippen LogP contribution in [0.15, 0.2) is 27.8 Å². The Hall–Kier alpha value is -1.53. The van der Waals surface area contributed by atoms with Crippen LogP contribution in [0.25, 0.3) is 0 Å². The van der Waals surface area contributed by atoms with Gasteiger partial charge < -0.3 is 20.2 Å². The molecule has 1 fully saturated rings. The molecule has 0 radical (unpaired) electrons. The van der Waals surface area contributed by atoms with Crippen LogP contribution in [0.3, 0.4) is 0 Å². The van der Waals surface area contributed by atoms with Crippen LogP contribution in [0.5, 0.6) is 0 Å². The van der Waals surface area contributed by atoms with Crippen molar-refractivity contribution >= 4 is 5.96 Å². The third kappa shape index (κ3) is 5.83. The van der Waals surface area contributed by atoms with Crippen LogP contribution in [-0.2, 0) is 6.42 Å². The zero-order chi connectivity index (χ0) is 17.2. The highest BCUT2D eigenvalue weighted by atomic mass is 16.3. The van der Waals surface area contributed by atoms with Crippen molar-refractivity contribution in [1.29, 1.82) is 0 Å². The van der Waals surface area contributed by atoms with Gasteiger partial charge in [0.05, 0.1) is 25.5 Å². The fourth-order valence-electron chi connectivity index (χ4n) is 3.10. The van der Waals surface area contributed by atoms with Crippen molar-refractivity contribution in [2.45, 2.75) is 51.6 Å². The normalized spacial score (nSPS) is 20.3. The van der Waals surface area contributed by atoms with E-state index in [4.69, 9.17) is 9.41 Å². The van der Waals surface area contributed by atoms with Gasteiger partial charge in [0.2, 0.25) is 0 Å². The molecule has 2 atom stereocenters. The number of likely N-dealkylation sites (N-methyl/N-ethyl adjacent to an activating group) is 1. The summed E-state index contributed by atoms with van der Waals surface area (Å²) in [6, 6.07) is 4.45. The number of rotatable bonds is 9. The van der Waals surface area contributed by atoms with Crippen LogP contribution in [0.1, 0.15) is 38.9 Å². The molecular weight excluding hydrogens is 304 g/mol. The van der Waals surface area contributed by atoms with E-state index in [-0.39, 0.29) is 12.6 Å².